The minimum atomic E-state index is -0.810. The van der Waals surface area contributed by atoms with Crippen molar-refractivity contribution in [3.8, 4) is 5.75 Å². The molecule has 3 aromatic rings. The summed E-state index contributed by atoms with van der Waals surface area (Å²) < 4.78 is 7.57. The Balaban J connectivity index is 1.60. The first-order valence-electron chi connectivity index (χ1n) is 11.2. The lowest BCUT2D eigenvalue weighted by molar-refractivity contribution is -0.138. The van der Waals surface area contributed by atoms with Crippen molar-refractivity contribution < 1.29 is 14.6 Å². The number of ether oxygens (including phenoxy) is 1. The first-order valence-corrected chi connectivity index (χ1v) is 11.2. The Morgan fingerprint density at radius 3 is 2.72 bits per heavy atom. The van der Waals surface area contributed by atoms with Crippen molar-refractivity contribution in [1.82, 2.24) is 19.7 Å². The first kappa shape index (κ1) is 22.1. The summed E-state index contributed by atoms with van der Waals surface area (Å²) in [6, 6.07) is 9.96. The van der Waals surface area contributed by atoms with Crippen molar-refractivity contribution in [3.63, 3.8) is 0 Å². The molecule has 0 bridgehead atoms. The van der Waals surface area contributed by atoms with E-state index < -0.39 is 5.97 Å². The summed E-state index contributed by atoms with van der Waals surface area (Å²) in [6.07, 6.45) is 4.69. The van der Waals surface area contributed by atoms with Crippen LogP contribution in [-0.2, 0) is 4.79 Å². The molecule has 1 atom stereocenters. The van der Waals surface area contributed by atoms with E-state index in [-0.39, 0.29) is 18.5 Å². The zero-order valence-corrected chi connectivity index (χ0v) is 18.9. The van der Waals surface area contributed by atoms with Crippen LogP contribution in [0.5, 0.6) is 5.75 Å². The van der Waals surface area contributed by atoms with Gasteiger partial charge in [-0.3, -0.25) is 19.4 Å². The molecule has 0 radical (unpaired) electrons. The fourth-order valence-corrected chi connectivity index (χ4v) is 4.46. The molecular formula is C24H31N5O3. The predicted octanol–water partition coefficient (Wildman–Crippen LogP) is 3.75. The number of carbonyl (C=O) groups is 1. The lowest BCUT2D eigenvalue weighted by Crippen LogP contribution is -2.35. The second-order valence-electron chi connectivity index (χ2n) is 8.50. The molecule has 1 N–H and O–H groups in total. The van der Waals surface area contributed by atoms with E-state index in [1.165, 1.54) is 0 Å². The molecular weight excluding hydrogens is 406 g/mol. The molecule has 0 spiro atoms. The van der Waals surface area contributed by atoms with Gasteiger partial charge in [-0.25, -0.2) is 0 Å². The van der Waals surface area contributed by atoms with Crippen molar-refractivity contribution in [2.24, 2.45) is 0 Å². The van der Waals surface area contributed by atoms with Crippen LogP contribution in [-0.4, -0.2) is 64.0 Å². The third-order valence-corrected chi connectivity index (χ3v) is 6.09. The highest BCUT2D eigenvalue weighted by Gasteiger charge is 2.29. The summed E-state index contributed by atoms with van der Waals surface area (Å²) >= 11 is 0. The average Bonchev–Trinajstić information content (AvgIpc) is 3.16. The molecule has 0 amide bonds. The molecule has 170 valence electrons. The molecule has 32 heavy (non-hydrogen) atoms. The number of aromatic nitrogens is 3. The average molecular weight is 438 g/mol. The summed E-state index contributed by atoms with van der Waals surface area (Å²) in [5, 5.41) is 15.3. The molecule has 2 aromatic heterocycles. The minimum Gasteiger partial charge on any atom is -0.494 e. The van der Waals surface area contributed by atoms with Gasteiger partial charge >= 0.3 is 5.97 Å². The molecule has 1 fully saturated rings. The van der Waals surface area contributed by atoms with Gasteiger partial charge in [0.15, 0.2) is 0 Å². The predicted molar refractivity (Wildman–Crippen MR) is 124 cm³/mol. The van der Waals surface area contributed by atoms with E-state index in [0.29, 0.717) is 0 Å². The van der Waals surface area contributed by atoms with Gasteiger partial charge in [0.2, 0.25) is 0 Å². The molecule has 8 heteroatoms. The number of fused-ring (bicyclic) bond motifs is 1. The number of nitrogens with zero attached hydrogens (tertiary/aromatic N) is 5. The maximum absolute atomic E-state index is 11.7. The summed E-state index contributed by atoms with van der Waals surface area (Å²) in [4.78, 5) is 20.9. The largest absolute Gasteiger partial charge is 0.494 e. The molecule has 0 aliphatic carbocycles. The van der Waals surface area contributed by atoms with Gasteiger partial charge in [0, 0.05) is 50.0 Å². The summed E-state index contributed by atoms with van der Waals surface area (Å²) in [5.74, 6) is -0.00228. The molecule has 1 aliphatic heterocycles. The fraction of sp³-hybridized carbons (Fsp3) is 0.458. The highest BCUT2D eigenvalue weighted by atomic mass is 16.5. The van der Waals surface area contributed by atoms with Crippen LogP contribution in [0.4, 0.5) is 5.69 Å². The van der Waals surface area contributed by atoms with Gasteiger partial charge in [-0.1, -0.05) is 6.07 Å². The third-order valence-electron chi connectivity index (χ3n) is 6.09. The summed E-state index contributed by atoms with van der Waals surface area (Å²) in [6.45, 7) is 7.29. The van der Waals surface area contributed by atoms with Crippen molar-refractivity contribution >= 4 is 22.6 Å². The lowest BCUT2D eigenvalue weighted by Gasteiger charge is -2.29. The van der Waals surface area contributed by atoms with E-state index in [4.69, 9.17) is 4.74 Å². The number of anilines is 1. The van der Waals surface area contributed by atoms with E-state index in [1.54, 1.807) is 7.11 Å². The van der Waals surface area contributed by atoms with Gasteiger partial charge in [0.05, 0.1) is 30.8 Å². The zero-order chi connectivity index (χ0) is 22.7. The van der Waals surface area contributed by atoms with Crippen molar-refractivity contribution in [2.45, 2.75) is 38.8 Å². The number of carboxylic acid groups (broad SMARTS) is 1. The maximum Gasteiger partial charge on any atom is 0.305 e. The Labute approximate surface area is 188 Å². The lowest BCUT2D eigenvalue weighted by atomic mass is 10.1. The topological polar surface area (TPSA) is 83.7 Å². The van der Waals surface area contributed by atoms with E-state index >= 15 is 0 Å². The molecule has 3 heterocycles. The second kappa shape index (κ2) is 9.56. The standard InChI is InChI=1S/C24H31N5O3/c1-17(2)29-13-9-19(26-29)20(16-22(30)31)27-11-5-12-28(15-14-27)24-21(32-3)8-7-18-6-4-10-25-23(18)24/h4,6-10,13,17,20H,5,11-12,14-16H2,1-3H3,(H,30,31). The summed E-state index contributed by atoms with van der Waals surface area (Å²) in [7, 11) is 1.69. The van der Waals surface area contributed by atoms with Gasteiger partial charge in [-0.05, 0) is 44.5 Å². The first-order chi connectivity index (χ1) is 15.5. The molecule has 1 aromatic carbocycles. The van der Waals surface area contributed by atoms with Gasteiger partial charge < -0.3 is 14.7 Å². The molecule has 1 unspecified atom stereocenters. The SMILES string of the molecule is COc1ccc2cccnc2c1N1CCCN(C(CC(=O)O)c2ccn(C(C)C)n2)CC1. The molecule has 0 saturated carbocycles. The van der Waals surface area contributed by atoms with Crippen molar-refractivity contribution in [1.29, 1.82) is 0 Å². The minimum absolute atomic E-state index is 0.0360. The van der Waals surface area contributed by atoms with Crippen LogP contribution in [0, 0.1) is 0 Å². The van der Waals surface area contributed by atoms with Crippen LogP contribution in [0.1, 0.15) is 44.5 Å². The van der Waals surface area contributed by atoms with Crippen molar-refractivity contribution in [3.05, 3.63) is 48.4 Å². The van der Waals surface area contributed by atoms with Crippen molar-refractivity contribution in [2.75, 3.05) is 38.2 Å². The number of methoxy groups -OCH3 is 1. The number of benzene rings is 1. The second-order valence-corrected chi connectivity index (χ2v) is 8.50. The smallest absolute Gasteiger partial charge is 0.305 e. The number of carboxylic acids is 1. The molecule has 1 saturated heterocycles. The number of rotatable bonds is 7. The highest BCUT2D eigenvalue weighted by molar-refractivity contribution is 5.94. The quantitative estimate of drug-likeness (QED) is 0.603. The normalized spacial score (nSPS) is 16.3. The monoisotopic (exact) mass is 437 g/mol. The van der Waals surface area contributed by atoms with Gasteiger partial charge in [0.25, 0.3) is 0 Å². The Kier molecular flexibility index (Phi) is 6.60. The van der Waals surface area contributed by atoms with Crippen LogP contribution in [0.2, 0.25) is 0 Å². The van der Waals surface area contributed by atoms with Gasteiger partial charge in [0.1, 0.15) is 11.4 Å². The zero-order valence-electron chi connectivity index (χ0n) is 18.9. The molecule has 4 rings (SSSR count). The fourth-order valence-electron chi connectivity index (χ4n) is 4.46. The van der Waals surface area contributed by atoms with Crippen LogP contribution in [0.3, 0.4) is 0 Å². The van der Waals surface area contributed by atoms with E-state index in [9.17, 15) is 9.90 Å². The Morgan fingerprint density at radius 2 is 2.00 bits per heavy atom. The Morgan fingerprint density at radius 1 is 1.16 bits per heavy atom. The van der Waals surface area contributed by atoms with Crippen LogP contribution >= 0.6 is 0 Å². The molecule has 1 aliphatic rings. The molecule has 8 nitrogen and oxygen atoms in total. The number of aliphatic carboxylic acids is 1. The summed E-state index contributed by atoms with van der Waals surface area (Å²) in [5.41, 5.74) is 2.75. The van der Waals surface area contributed by atoms with E-state index in [0.717, 1.165) is 60.6 Å². The van der Waals surface area contributed by atoms with Gasteiger partial charge in [-0.2, -0.15) is 5.10 Å². The van der Waals surface area contributed by atoms with E-state index in [1.807, 2.05) is 41.3 Å². The van der Waals surface area contributed by atoms with Crippen LogP contribution in [0.15, 0.2) is 42.7 Å². The highest BCUT2D eigenvalue weighted by Crippen LogP contribution is 2.36. The Hall–Kier alpha value is -3.13. The Bertz CT molecular complexity index is 1080. The third kappa shape index (κ3) is 4.55. The maximum atomic E-state index is 11.7. The number of pyridine rings is 1. The van der Waals surface area contributed by atoms with Gasteiger partial charge in [-0.15, -0.1) is 0 Å². The number of hydrogen-bond acceptors (Lipinski definition) is 6. The van der Waals surface area contributed by atoms with Crippen LogP contribution in [0.25, 0.3) is 10.9 Å². The van der Waals surface area contributed by atoms with Crippen LogP contribution < -0.4 is 9.64 Å². The number of hydrogen-bond donors (Lipinski definition) is 1. The van der Waals surface area contributed by atoms with E-state index in [2.05, 4.69) is 39.8 Å².